The fourth-order valence-corrected chi connectivity index (χ4v) is 2.05. The summed E-state index contributed by atoms with van der Waals surface area (Å²) in [7, 11) is 0. The Hall–Kier alpha value is -2.36. The zero-order chi connectivity index (χ0) is 14.4. The monoisotopic (exact) mass is 269 g/mol. The lowest BCUT2D eigenvalue weighted by Crippen LogP contribution is -2.31. The van der Waals surface area contributed by atoms with Crippen molar-refractivity contribution < 1.29 is 4.79 Å². The lowest BCUT2D eigenvalue weighted by molar-refractivity contribution is -0.130. The van der Waals surface area contributed by atoms with Gasteiger partial charge < -0.3 is 10.6 Å². The Morgan fingerprint density at radius 3 is 2.75 bits per heavy atom. The average molecular weight is 269 g/mol. The van der Waals surface area contributed by atoms with Crippen LogP contribution in [0.4, 0.5) is 5.69 Å². The first kappa shape index (κ1) is 14.1. The van der Waals surface area contributed by atoms with Crippen molar-refractivity contribution in [3.8, 4) is 0 Å². The molecule has 0 aliphatic rings. The summed E-state index contributed by atoms with van der Waals surface area (Å²) in [5, 5.41) is 0. The Morgan fingerprint density at radius 1 is 1.25 bits per heavy atom. The molecule has 0 atom stereocenters. The summed E-state index contributed by atoms with van der Waals surface area (Å²) < 4.78 is 0. The molecule has 0 saturated carbocycles. The fraction of sp³-hybridized carbons (Fsp3) is 0.250. The minimum absolute atomic E-state index is 0.0868. The molecule has 1 amide bonds. The van der Waals surface area contributed by atoms with Crippen LogP contribution in [0.1, 0.15) is 18.2 Å². The van der Waals surface area contributed by atoms with Crippen molar-refractivity contribution in [1.29, 1.82) is 0 Å². The minimum Gasteiger partial charge on any atom is -0.399 e. The number of pyridine rings is 1. The lowest BCUT2D eigenvalue weighted by atomic mass is 10.1. The number of anilines is 1. The lowest BCUT2D eigenvalue weighted by Gasteiger charge is -2.20. The van der Waals surface area contributed by atoms with Crippen LogP contribution in [-0.2, 0) is 17.8 Å². The van der Waals surface area contributed by atoms with E-state index in [1.165, 1.54) is 0 Å². The number of hydrogen-bond acceptors (Lipinski definition) is 3. The number of carbonyl (C=O) groups is 1. The molecule has 4 nitrogen and oxygen atoms in total. The first-order chi connectivity index (χ1) is 9.69. The van der Waals surface area contributed by atoms with E-state index >= 15 is 0 Å². The average Bonchev–Trinajstić information content (AvgIpc) is 2.45. The fourth-order valence-electron chi connectivity index (χ4n) is 2.05. The molecule has 0 aliphatic heterocycles. The smallest absolute Gasteiger partial charge is 0.227 e. The van der Waals surface area contributed by atoms with Gasteiger partial charge in [-0.15, -0.1) is 0 Å². The highest BCUT2D eigenvalue weighted by Gasteiger charge is 2.13. The molecule has 1 aromatic heterocycles. The Kier molecular flexibility index (Phi) is 4.71. The summed E-state index contributed by atoms with van der Waals surface area (Å²) in [4.78, 5) is 18.4. The number of rotatable bonds is 5. The molecule has 0 aliphatic carbocycles. The number of nitrogen functional groups attached to an aromatic ring is 1. The van der Waals surface area contributed by atoms with Crippen LogP contribution in [0.5, 0.6) is 0 Å². The molecular formula is C16H19N3O. The Bertz CT molecular complexity index is 569. The van der Waals surface area contributed by atoms with Gasteiger partial charge in [0, 0.05) is 18.4 Å². The summed E-state index contributed by atoms with van der Waals surface area (Å²) in [5.74, 6) is 0.0868. The van der Waals surface area contributed by atoms with Gasteiger partial charge in [0.25, 0.3) is 0 Å². The molecule has 0 fully saturated rings. The maximum Gasteiger partial charge on any atom is 0.227 e. The van der Waals surface area contributed by atoms with Gasteiger partial charge in [0.2, 0.25) is 5.91 Å². The van der Waals surface area contributed by atoms with E-state index in [9.17, 15) is 4.79 Å². The number of benzene rings is 1. The van der Waals surface area contributed by atoms with Crippen LogP contribution in [0.15, 0.2) is 48.7 Å². The van der Waals surface area contributed by atoms with Crippen LogP contribution in [0, 0.1) is 0 Å². The van der Waals surface area contributed by atoms with Crippen LogP contribution in [0.3, 0.4) is 0 Å². The van der Waals surface area contributed by atoms with Crippen LogP contribution in [0.2, 0.25) is 0 Å². The van der Waals surface area contributed by atoms with E-state index in [4.69, 9.17) is 5.73 Å². The van der Waals surface area contributed by atoms with Gasteiger partial charge in [-0.1, -0.05) is 18.2 Å². The van der Waals surface area contributed by atoms with Crippen LogP contribution in [-0.4, -0.2) is 22.3 Å². The first-order valence-electron chi connectivity index (χ1n) is 6.71. The third-order valence-electron chi connectivity index (χ3n) is 3.12. The van der Waals surface area contributed by atoms with E-state index in [-0.39, 0.29) is 5.91 Å². The van der Waals surface area contributed by atoms with Crippen molar-refractivity contribution in [3.05, 3.63) is 59.9 Å². The quantitative estimate of drug-likeness (QED) is 0.847. The SMILES string of the molecule is CCN(Cc1ccccn1)C(=O)Cc1cccc(N)c1. The molecule has 20 heavy (non-hydrogen) atoms. The van der Waals surface area contributed by atoms with Gasteiger partial charge >= 0.3 is 0 Å². The zero-order valence-corrected chi connectivity index (χ0v) is 11.6. The summed E-state index contributed by atoms with van der Waals surface area (Å²) in [5.41, 5.74) is 8.25. The highest BCUT2D eigenvalue weighted by Crippen LogP contribution is 2.10. The van der Waals surface area contributed by atoms with Gasteiger partial charge in [-0.3, -0.25) is 9.78 Å². The van der Waals surface area contributed by atoms with Crippen LogP contribution < -0.4 is 5.73 Å². The van der Waals surface area contributed by atoms with Gasteiger partial charge in [-0.05, 0) is 36.8 Å². The van der Waals surface area contributed by atoms with Crippen molar-refractivity contribution in [2.75, 3.05) is 12.3 Å². The minimum atomic E-state index is 0.0868. The summed E-state index contributed by atoms with van der Waals surface area (Å²) in [6, 6.07) is 13.2. The number of likely N-dealkylation sites (N-methyl/N-ethyl adjacent to an activating group) is 1. The van der Waals surface area contributed by atoms with Gasteiger partial charge in [0.1, 0.15) is 0 Å². The van der Waals surface area contributed by atoms with Gasteiger partial charge in [0.15, 0.2) is 0 Å². The van der Waals surface area contributed by atoms with Crippen LogP contribution in [0.25, 0.3) is 0 Å². The number of aromatic nitrogens is 1. The first-order valence-corrected chi connectivity index (χ1v) is 6.71. The summed E-state index contributed by atoms with van der Waals surface area (Å²) in [6.07, 6.45) is 2.11. The van der Waals surface area contributed by atoms with Crippen molar-refractivity contribution in [2.24, 2.45) is 0 Å². The molecule has 2 N–H and O–H groups in total. The third kappa shape index (κ3) is 3.82. The van der Waals surface area contributed by atoms with Gasteiger partial charge in [0.05, 0.1) is 18.7 Å². The number of carbonyl (C=O) groups excluding carboxylic acids is 1. The molecule has 0 spiro atoms. The molecular weight excluding hydrogens is 250 g/mol. The summed E-state index contributed by atoms with van der Waals surface area (Å²) >= 11 is 0. The highest BCUT2D eigenvalue weighted by molar-refractivity contribution is 5.79. The maximum atomic E-state index is 12.3. The van der Waals surface area contributed by atoms with E-state index in [1.54, 1.807) is 11.1 Å². The second-order valence-electron chi connectivity index (χ2n) is 4.65. The molecule has 0 saturated heterocycles. The largest absolute Gasteiger partial charge is 0.399 e. The second-order valence-corrected chi connectivity index (χ2v) is 4.65. The number of nitrogens with zero attached hydrogens (tertiary/aromatic N) is 2. The topological polar surface area (TPSA) is 59.2 Å². The molecule has 0 bridgehead atoms. The summed E-state index contributed by atoms with van der Waals surface area (Å²) in [6.45, 7) is 3.18. The van der Waals surface area contributed by atoms with Gasteiger partial charge in [-0.25, -0.2) is 0 Å². The Labute approximate surface area is 119 Å². The molecule has 4 heteroatoms. The zero-order valence-electron chi connectivity index (χ0n) is 11.6. The second kappa shape index (κ2) is 6.70. The van der Waals surface area contributed by atoms with E-state index < -0.39 is 0 Å². The van der Waals surface area contributed by atoms with Crippen molar-refractivity contribution in [2.45, 2.75) is 19.9 Å². The number of amides is 1. The molecule has 2 aromatic rings. The van der Waals surface area contributed by atoms with E-state index in [2.05, 4.69) is 4.98 Å². The van der Waals surface area contributed by atoms with E-state index in [0.717, 1.165) is 11.3 Å². The Balaban J connectivity index is 2.02. The molecule has 0 radical (unpaired) electrons. The van der Waals surface area contributed by atoms with Crippen LogP contribution >= 0.6 is 0 Å². The van der Waals surface area contributed by atoms with E-state index in [1.807, 2.05) is 49.4 Å². The van der Waals surface area contributed by atoms with E-state index in [0.29, 0.717) is 25.2 Å². The normalized spacial score (nSPS) is 10.2. The highest BCUT2D eigenvalue weighted by atomic mass is 16.2. The maximum absolute atomic E-state index is 12.3. The molecule has 0 unspecified atom stereocenters. The van der Waals surface area contributed by atoms with Crippen molar-refractivity contribution in [1.82, 2.24) is 9.88 Å². The standard InChI is InChI=1S/C16H19N3O/c1-2-19(12-15-8-3-4-9-18-15)16(20)11-13-6-5-7-14(17)10-13/h3-10H,2,11-12,17H2,1H3. The molecule has 1 heterocycles. The van der Waals surface area contributed by atoms with Crippen molar-refractivity contribution >= 4 is 11.6 Å². The number of nitrogens with two attached hydrogens (primary N) is 1. The molecule has 1 aromatic carbocycles. The van der Waals surface area contributed by atoms with Crippen molar-refractivity contribution in [3.63, 3.8) is 0 Å². The van der Waals surface area contributed by atoms with Gasteiger partial charge in [-0.2, -0.15) is 0 Å². The predicted octanol–water partition coefficient (Wildman–Crippen LogP) is 2.25. The molecule has 104 valence electrons. The third-order valence-corrected chi connectivity index (χ3v) is 3.12. The Morgan fingerprint density at radius 2 is 2.10 bits per heavy atom. The predicted molar refractivity (Wildman–Crippen MR) is 79.9 cm³/mol. The number of hydrogen-bond donors (Lipinski definition) is 1. The molecule has 2 rings (SSSR count).